The number of methoxy groups -OCH3 is 2. The summed E-state index contributed by atoms with van der Waals surface area (Å²) in [5.41, 5.74) is -1.60. The van der Waals surface area contributed by atoms with Gasteiger partial charge in [-0.25, -0.2) is 4.79 Å². The predicted molar refractivity (Wildman–Crippen MR) is 139 cm³/mol. The van der Waals surface area contributed by atoms with Gasteiger partial charge in [0, 0.05) is 31.5 Å². The number of nitrogens with zero attached hydrogens (tertiary/aromatic N) is 1. The minimum absolute atomic E-state index is 0.0850. The van der Waals surface area contributed by atoms with Crippen molar-refractivity contribution in [3.8, 4) is 11.5 Å². The Labute approximate surface area is 233 Å². The van der Waals surface area contributed by atoms with E-state index in [-0.39, 0.29) is 37.2 Å². The van der Waals surface area contributed by atoms with Crippen molar-refractivity contribution in [3.05, 3.63) is 23.3 Å². The van der Waals surface area contributed by atoms with E-state index < -0.39 is 41.5 Å². The van der Waals surface area contributed by atoms with E-state index in [1.54, 1.807) is 21.0 Å². The molecule has 6 aliphatic rings. The van der Waals surface area contributed by atoms with Crippen LogP contribution in [-0.2, 0) is 28.5 Å². The lowest BCUT2D eigenvalue weighted by atomic mass is 9.78. The molecule has 40 heavy (non-hydrogen) atoms. The topological polar surface area (TPSA) is 133 Å². The van der Waals surface area contributed by atoms with Crippen molar-refractivity contribution < 1.29 is 48.2 Å². The van der Waals surface area contributed by atoms with Crippen LogP contribution in [0.3, 0.4) is 0 Å². The van der Waals surface area contributed by atoms with Crippen molar-refractivity contribution in [1.82, 2.24) is 4.90 Å². The van der Waals surface area contributed by atoms with Gasteiger partial charge in [0.05, 0.1) is 25.2 Å². The van der Waals surface area contributed by atoms with E-state index in [1.807, 2.05) is 12.1 Å². The average Bonchev–Trinajstić information content (AvgIpc) is 3.52. The number of esters is 2. The lowest BCUT2D eigenvalue weighted by Crippen LogP contribution is -2.52. The van der Waals surface area contributed by atoms with Crippen LogP contribution in [0.2, 0.25) is 0 Å². The van der Waals surface area contributed by atoms with Crippen LogP contribution in [0, 0.1) is 0 Å². The summed E-state index contributed by atoms with van der Waals surface area (Å²) in [6, 6.07) is 3.94. The number of rotatable bonds is 9. The van der Waals surface area contributed by atoms with Crippen LogP contribution in [0.5, 0.6) is 11.5 Å². The molecule has 0 amide bonds. The van der Waals surface area contributed by atoms with Crippen LogP contribution in [-0.4, -0.2) is 89.8 Å². The quantitative estimate of drug-likeness (QED) is 0.430. The van der Waals surface area contributed by atoms with E-state index in [1.165, 1.54) is 7.11 Å². The first-order chi connectivity index (χ1) is 18.9. The molecule has 1 saturated carbocycles. The van der Waals surface area contributed by atoms with Gasteiger partial charge in [0.25, 0.3) is 0 Å². The zero-order chi connectivity index (χ0) is 28.5. The molecule has 220 valence electrons. The van der Waals surface area contributed by atoms with Gasteiger partial charge in [-0.1, -0.05) is 0 Å². The molecular formula is C29H39NO10. The number of benzene rings is 1. The van der Waals surface area contributed by atoms with Crippen LogP contribution in [0.15, 0.2) is 12.1 Å². The molecule has 11 nitrogen and oxygen atoms in total. The third-order valence-corrected chi connectivity index (χ3v) is 9.53. The van der Waals surface area contributed by atoms with Gasteiger partial charge in [0.1, 0.15) is 0 Å². The zero-order valence-corrected chi connectivity index (χ0v) is 23.6. The third kappa shape index (κ3) is 4.28. The Kier molecular flexibility index (Phi) is 6.62. The highest BCUT2D eigenvalue weighted by Gasteiger charge is 2.72. The molecule has 0 aromatic heterocycles. The van der Waals surface area contributed by atoms with Gasteiger partial charge in [-0.3, -0.25) is 9.69 Å². The highest BCUT2D eigenvalue weighted by molar-refractivity contribution is 5.86. The standard InChI is InChI=1S/C29H39NO10/c1-26(2,33)7-5-9-28(34,13-22(31)35-3)25(32)39-24-23-18-12-20-19(37-16-38-20)11-17(18)21-14-30-10-6-8-27(23,30)15-29(24,36-4)40-21/h11-12,21,23-24,33-34H,5-10,13-16H2,1-4H3/t21-,23+,24?,27-,28+,29+/m0/s1. The summed E-state index contributed by atoms with van der Waals surface area (Å²) in [4.78, 5) is 28.7. The average molecular weight is 562 g/mol. The summed E-state index contributed by atoms with van der Waals surface area (Å²) in [5.74, 6) is -1.96. The SMILES string of the molecule is COC(=O)C[C@](O)(CCCC(C)(C)O)C(=O)OC1[C@H]2c3cc4c(cc3[C@@H]3CN5CCC[C@]25C[C@@]1(OC)O3)OCO4. The maximum absolute atomic E-state index is 13.9. The van der Waals surface area contributed by atoms with Gasteiger partial charge < -0.3 is 38.6 Å². The molecule has 1 aromatic rings. The van der Waals surface area contributed by atoms with Crippen LogP contribution < -0.4 is 9.47 Å². The molecule has 1 aliphatic carbocycles. The lowest BCUT2D eigenvalue weighted by Gasteiger charge is -2.40. The number of carbonyl (C=O) groups is 2. The zero-order valence-electron chi connectivity index (χ0n) is 23.6. The van der Waals surface area contributed by atoms with Gasteiger partial charge >= 0.3 is 11.9 Å². The second-order valence-corrected chi connectivity index (χ2v) is 12.5. The Balaban J connectivity index is 1.39. The Morgan fingerprint density at radius 2 is 1.85 bits per heavy atom. The first-order valence-electron chi connectivity index (χ1n) is 14.1. The lowest BCUT2D eigenvalue weighted by molar-refractivity contribution is -0.284. The summed E-state index contributed by atoms with van der Waals surface area (Å²) >= 11 is 0. The van der Waals surface area contributed by atoms with Crippen molar-refractivity contribution in [2.24, 2.45) is 0 Å². The van der Waals surface area contributed by atoms with Gasteiger partial charge in [-0.15, -0.1) is 0 Å². The largest absolute Gasteiger partial charge is 0.469 e. The van der Waals surface area contributed by atoms with Crippen LogP contribution >= 0.6 is 0 Å². The molecule has 1 aromatic carbocycles. The van der Waals surface area contributed by atoms with Gasteiger partial charge in [0.2, 0.25) is 12.6 Å². The van der Waals surface area contributed by atoms with E-state index in [0.29, 0.717) is 30.9 Å². The molecule has 7 rings (SSSR count). The summed E-state index contributed by atoms with van der Waals surface area (Å²) in [6.07, 6.45) is 1.08. The molecular weight excluding hydrogens is 522 g/mol. The number of aliphatic hydroxyl groups is 2. The number of hydrogen-bond acceptors (Lipinski definition) is 11. The van der Waals surface area contributed by atoms with Crippen molar-refractivity contribution in [2.75, 3.05) is 34.1 Å². The molecule has 5 heterocycles. The fraction of sp³-hybridized carbons (Fsp3) is 0.724. The minimum Gasteiger partial charge on any atom is -0.469 e. The van der Waals surface area contributed by atoms with Gasteiger partial charge in [-0.2, -0.15) is 0 Å². The number of carbonyl (C=O) groups excluding carboxylic acids is 2. The monoisotopic (exact) mass is 561 g/mol. The fourth-order valence-corrected chi connectivity index (χ4v) is 7.68. The van der Waals surface area contributed by atoms with Crippen LogP contribution in [0.4, 0.5) is 0 Å². The Morgan fingerprint density at radius 1 is 1.12 bits per heavy atom. The smallest absolute Gasteiger partial charge is 0.339 e. The number of ether oxygens (including phenoxy) is 6. The van der Waals surface area contributed by atoms with E-state index in [0.717, 1.165) is 30.5 Å². The first kappa shape index (κ1) is 27.7. The molecule has 1 spiro atoms. The molecule has 2 N–H and O–H groups in total. The van der Waals surface area contributed by atoms with E-state index in [2.05, 4.69) is 4.90 Å². The van der Waals surface area contributed by atoms with E-state index in [4.69, 9.17) is 28.4 Å². The molecule has 3 fully saturated rings. The molecule has 4 bridgehead atoms. The van der Waals surface area contributed by atoms with Crippen LogP contribution in [0.1, 0.15) is 81.9 Å². The van der Waals surface area contributed by atoms with Crippen LogP contribution in [0.25, 0.3) is 0 Å². The molecule has 11 heteroatoms. The van der Waals surface area contributed by atoms with Gasteiger partial charge in [-0.05, 0) is 75.8 Å². The molecule has 1 unspecified atom stereocenters. The highest BCUT2D eigenvalue weighted by Crippen LogP contribution is 2.65. The molecule has 2 saturated heterocycles. The normalized spacial score (nSPS) is 33.2. The Morgan fingerprint density at radius 3 is 2.52 bits per heavy atom. The molecule has 6 atom stereocenters. The number of hydrogen-bond donors (Lipinski definition) is 2. The van der Waals surface area contributed by atoms with E-state index >= 15 is 0 Å². The van der Waals surface area contributed by atoms with Crippen molar-refractivity contribution in [1.29, 1.82) is 0 Å². The highest BCUT2D eigenvalue weighted by atomic mass is 16.7. The summed E-state index contributed by atoms with van der Waals surface area (Å²) < 4.78 is 35.4. The molecule has 5 aliphatic heterocycles. The van der Waals surface area contributed by atoms with Crippen molar-refractivity contribution in [2.45, 2.75) is 99.4 Å². The van der Waals surface area contributed by atoms with E-state index in [9.17, 15) is 19.8 Å². The maximum atomic E-state index is 13.9. The molecule has 0 radical (unpaired) electrons. The predicted octanol–water partition coefficient (Wildman–Crippen LogP) is 2.31. The summed E-state index contributed by atoms with van der Waals surface area (Å²) in [5, 5.41) is 21.8. The third-order valence-electron chi connectivity index (χ3n) is 9.53. The fourth-order valence-electron chi connectivity index (χ4n) is 7.68. The minimum atomic E-state index is -2.15. The van der Waals surface area contributed by atoms with Crippen molar-refractivity contribution >= 4 is 11.9 Å². The maximum Gasteiger partial charge on any atom is 0.339 e. The second kappa shape index (κ2) is 9.55. The van der Waals surface area contributed by atoms with Gasteiger partial charge in [0.15, 0.2) is 23.2 Å². The number of fused-ring (bicyclic) bond motifs is 1. The Hall–Kier alpha value is -2.44. The van der Waals surface area contributed by atoms with Crippen molar-refractivity contribution in [3.63, 3.8) is 0 Å². The Bertz CT molecular complexity index is 1200. The summed E-state index contributed by atoms with van der Waals surface area (Å²) in [6.45, 7) is 5.01. The second-order valence-electron chi connectivity index (χ2n) is 12.5. The summed E-state index contributed by atoms with van der Waals surface area (Å²) in [7, 11) is 2.76. The first-order valence-corrected chi connectivity index (χ1v) is 14.1.